The number of carbonyl (C=O) groups excluding carboxylic acids is 1. The van der Waals surface area contributed by atoms with Crippen molar-refractivity contribution in [2.75, 3.05) is 30.7 Å². The van der Waals surface area contributed by atoms with E-state index < -0.39 is 0 Å². The third-order valence-electron chi connectivity index (χ3n) is 4.16. The fourth-order valence-electron chi connectivity index (χ4n) is 2.92. The first-order chi connectivity index (χ1) is 9.85. The number of benzene rings is 1. The number of hydrogen-bond acceptors (Lipinski definition) is 3. The molecule has 0 spiro atoms. The molecule has 0 saturated carbocycles. The number of nitrogens with one attached hydrogen (secondary N) is 1. The molecule has 0 atom stereocenters. The highest BCUT2D eigenvalue weighted by Gasteiger charge is 2.28. The Balaban J connectivity index is 1.73. The first-order valence-electron chi connectivity index (χ1n) is 7.74. The summed E-state index contributed by atoms with van der Waals surface area (Å²) >= 11 is 0. The van der Waals surface area contributed by atoms with E-state index >= 15 is 0 Å². The highest BCUT2D eigenvalue weighted by atomic mass is 16.1. The Labute approximate surface area is 127 Å². The Hall–Kier alpha value is -1.55. The van der Waals surface area contributed by atoms with Gasteiger partial charge >= 0.3 is 0 Å². The van der Waals surface area contributed by atoms with Crippen molar-refractivity contribution in [3.8, 4) is 0 Å². The molecule has 1 aliphatic heterocycles. The summed E-state index contributed by atoms with van der Waals surface area (Å²) in [6.07, 6.45) is 2.74. The Morgan fingerprint density at radius 3 is 2.81 bits per heavy atom. The van der Waals surface area contributed by atoms with Crippen LogP contribution in [0.5, 0.6) is 0 Å². The number of amides is 1. The second-order valence-electron chi connectivity index (χ2n) is 6.92. The van der Waals surface area contributed by atoms with E-state index in [1.807, 2.05) is 25.1 Å². The summed E-state index contributed by atoms with van der Waals surface area (Å²) in [6, 6.07) is 5.56. The van der Waals surface area contributed by atoms with Crippen molar-refractivity contribution >= 4 is 17.3 Å². The molecule has 0 aliphatic carbocycles. The summed E-state index contributed by atoms with van der Waals surface area (Å²) in [5, 5.41) is 2.97. The molecule has 1 amide bonds. The fourth-order valence-corrected chi connectivity index (χ4v) is 2.92. The van der Waals surface area contributed by atoms with Gasteiger partial charge < -0.3 is 16.0 Å². The van der Waals surface area contributed by atoms with Crippen LogP contribution in [-0.2, 0) is 4.79 Å². The number of nitrogens with zero attached hydrogens (tertiary/aromatic N) is 1. The van der Waals surface area contributed by atoms with Gasteiger partial charge in [0.05, 0.1) is 0 Å². The van der Waals surface area contributed by atoms with Gasteiger partial charge in [-0.3, -0.25) is 4.79 Å². The average Bonchev–Trinajstić information content (AvgIpc) is 2.72. The van der Waals surface area contributed by atoms with Crippen LogP contribution in [0.25, 0.3) is 0 Å². The quantitative estimate of drug-likeness (QED) is 0.819. The number of anilines is 2. The van der Waals surface area contributed by atoms with Crippen molar-refractivity contribution in [1.29, 1.82) is 0 Å². The van der Waals surface area contributed by atoms with E-state index in [2.05, 4.69) is 24.1 Å². The molecule has 0 aromatic heterocycles. The van der Waals surface area contributed by atoms with Crippen molar-refractivity contribution in [2.24, 2.45) is 5.41 Å². The molecule has 21 heavy (non-hydrogen) atoms. The molecule has 0 unspecified atom stereocenters. The molecule has 116 valence electrons. The van der Waals surface area contributed by atoms with Crippen LogP contribution >= 0.6 is 0 Å². The van der Waals surface area contributed by atoms with Crippen molar-refractivity contribution in [1.82, 2.24) is 4.90 Å². The van der Waals surface area contributed by atoms with Gasteiger partial charge in [-0.05, 0) is 62.0 Å². The van der Waals surface area contributed by atoms with Crippen LogP contribution in [-0.4, -0.2) is 30.4 Å². The zero-order valence-corrected chi connectivity index (χ0v) is 13.4. The number of nitrogens with two attached hydrogens (primary N) is 1. The van der Waals surface area contributed by atoms with E-state index in [0.29, 0.717) is 11.8 Å². The number of likely N-dealkylation sites (tertiary alicyclic amines) is 1. The van der Waals surface area contributed by atoms with E-state index in [0.717, 1.165) is 43.0 Å². The zero-order chi connectivity index (χ0) is 15.5. The van der Waals surface area contributed by atoms with Gasteiger partial charge in [0.1, 0.15) is 0 Å². The molecule has 1 fully saturated rings. The molecule has 2 rings (SSSR count). The SMILES string of the molecule is Cc1cc(N)ccc1NC(=O)CCCN1CCC(C)(C)C1. The van der Waals surface area contributed by atoms with Gasteiger partial charge in [-0.2, -0.15) is 0 Å². The molecule has 1 heterocycles. The maximum absolute atomic E-state index is 12.0. The van der Waals surface area contributed by atoms with Gasteiger partial charge in [0.15, 0.2) is 0 Å². The summed E-state index contributed by atoms with van der Waals surface area (Å²) in [5.41, 5.74) is 8.73. The number of nitrogen functional groups attached to an aromatic ring is 1. The Bertz CT molecular complexity index is 511. The lowest BCUT2D eigenvalue weighted by atomic mass is 9.93. The maximum Gasteiger partial charge on any atom is 0.224 e. The number of hydrogen-bond donors (Lipinski definition) is 2. The largest absolute Gasteiger partial charge is 0.399 e. The summed E-state index contributed by atoms with van der Waals surface area (Å²) < 4.78 is 0. The van der Waals surface area contributed by atoms with E-state index in [9.17, 15) is 4.79 Å². The molecule has 4 heteroatoms. The van der Waals surface area contributed by atoms with E-state index in [-0.39, 0.29) is 5.91 Å². The molecule has 1 aromatic carbocycles. The molecule has 4 nitrogen and oxygen atoms in total. The smallest absolute Gasteiger partial charge is 0.224 e. The van der Waals surface area contributed by atoms with Crippen LogP contribution in [0.15, 0.2) is 18.2 Å². The maximum atomic E-state index is 12.0. The van der Waals surface area contributed by atoms with Crippen molar-refractivity contribution in [2.45, 2.75) is 40.0 Å². The Morgan fingerprint density at radius 2 is 2.19 bits per heavy atom. The first-order valence-corrected chi connectivity index (χ1v) is 7.74. The van der Waals surface area contributed by atoms with Crippen LogP contribution in [0.2, 0.25) is 0 Å². The highest BCUT2D eigenvalue weighted by Crippen LogP contribution is 2.28. The predicted molar refractivity (Wildman–Crippen MR) is 88.3 cm³/mol. The minimum atomic E-state index is 0.0846. The Kier molecular flexibility index (Phi) is 4.88. The summed E-state index contributed by atoms with van der Waals surface area (Å²) in [5.74, 6) is 0.0846. The van der Waals surface area contributed by atoms with Gasteiger partial charge in [0, 0.05) is 24.3 Å². The molecule has 1 aliphatic rings. The Morgan fingerprint density at radius 1 is 1.43 bits per heavy atom. The van der Waals surface area contributed by atoms with E-state index in [4.69, 9.17) is 5.73 Å². The van der Waals surface area contributed by atoms with Crippen molar-refractivity contribution in [3.05, 3.63) is 23.8 Å². The molecular weight excluding hydrogens is 262 g/mol. The van der Waals surface area contributed by atoms with Crippen LogP contribution in [0.4, 0.5) is 11.4 Å². The number of rotatable bonds is 5. The molecule has 0 radical (unpaired) electrons. The molecule has 3 N–H and O–H groups in total. The van der Waals surface area contributed by atoms with Gasteiger partial charge in [-0.15, -0.1) is 0 Å². The monoisotopic (exact) mass is 289 g/mol. The first kappa shape index (κ1) is 15.8. The predicted octanol–water partition coefficient (Wildman–Crippen LogP) is 3.03. The third-order valence-corrected chi connectivity index (χ3v) is 4.16. The van der Waals surface area contributed by atoms with Crippen LogP contribution in [0, 0.1) is 12.3 Å². The van der Waals surface area contributed by atoms with Crippen LogP contribution in [0.1, 0.15) is 38.7 Å². The van der Waals surface area contributed by atoms with Crippen molar-refractivity contribution in [3.63, 3.8) is 0 Å². The minimum absolute atomic E-state index is 0.0846. The number of carbonyl (C=O) groups is 1. The minimum Gasteiger partial charge on any atom is -0.399 e. The molecule has 0 bridgehead atoms. The van der Waals surface area contributed by atoms with Gasteiger partial charge in [0.2, 0.25) is 5.91 Å². The van der Waals surface area contributed by atoms with E-state index in [1.54, 1.807) is 0 Å². The van der Waals surface area contributed by atoms with Crippen LogP contribution in [0.3, 0.4) is 0 Å². The van der Waals surface area contributed by atoms with Crippen LogP contribution < -0.4 is 11.1 Å². The second-order valence-corrected chi connectivity index (χ2v) is 6.92. The second kappa shape index (κ2) is 6.48. The lowest BCUT2D eigenvalue weighted by Crippen LogP contribution is -2.25. The topological polar surface area (TPSA) is 58.4 Å². The molecule has 1 aromatic rings. The van der Waals surface area contributed by atoms with Gasteiger partial charge in [0.25, 0.3) is 0 Å². The summed E-state index contributed by atoms with van der Waals surface area (Å²) in [7, 11) is 0. The summed E-state index contributed by atoms with van der Waals surface area (Å²) in [4.78, 5) is 14.4. The lowest BCUT2D eigenvalue weighted by molar-refractivity contribution is -0.116. The number of aryl methyl sites for hydroxylation is 1. The van der Waals surface area contributed by atoms with E-state index in [1.165, 1.54) is 6.42 Å². The molecular formula is C17H27N3O. The standard InChI is InChI=1S/C17H27N3O/c1-13-11-14(18)6-7-15(13)19-16(21)5-4-9-20-10-8-17(2,3)12-20/h6-7,11H,4-5,8-10,12,18H2,1-3H3,(H,19,21). The molecule has 1 saturated heterocycles. The fraction of sp³-hybridized carbons (Fsp3) is 0.588. The average molecular weight is 289 g/mol. The highest BCUT2D eigenvalue weighted by molar-refractivity contribution is 5.91. The van der Waals surface area contributed by atoms with Gasteiger partial charge in [-0.25, -0.2) is 0 Å². The zero-order valence-electron chi connectivity index (χ0n) is 13.4. The van der Waals surface area contributed by atoms with Gasteiger partial charge in [-0.1, -0.05) is 13.8 Å². The normalized spacial score (nSPS) is 17.9. The summed E-state index contributed by atoms with van der Waals surface area (Å²) in [6.45, 7) is 9.89. The lowest BCUT2D eigenvalue weighted by Gasteiger charge is -2.19. The third kappa shape index (κ3) is 4.74. The van der Waals surface area contributed by atoms with Crippen molar-refractivity contribution < 1.29 is 4.79 Å².